The molecule has 0 saturated carbocycles. The van der Waals surface area contributed by atoms with Gasteiger partial charge in [0.15, 0.2) is 5.78 Å². The monoisotopic (exact) mass is 302 g/mol. The lowest BCUT2D eigenvalue weighted by atomic mass is 10.1. The van der Waals surface area contributed by atoms with Crippen molar-refractivity contribution in [3.63, 3.8) is 0 Å². The molecule has 0 aliphatic rings. The summed E-state index contributed by atoms with van der Waals surface area (Å²) in [5, 5.41) is 9.57. The van der Waals surface area contributed by atoms with Gasteiger partial charge in [-0.25, -0.2) is 0 Å². The molecular weight excluding hydrogens is 292 g/mol. The number of hydrogen-bond donors (Lipinski definition) is 1. The predicted molar refractivity (Wildman–Crippen MR) is 75.6 cm³/mol. The first-order chi connectivity index (χ1) is 8.66. The summed E-state index contributed by atoms with van der Waals surface area (Å²) < 4.78 is 0.865. The van der Waals surface area contributed by atoms with Crippen LogP contribution in [0.3, 0.4) is 0 Å². The first kappa shape index (κ1) is 12.6. The molecule has 0 fully saturated rings. The number of phenols is 1. The maximum Gasteiger partial charge on any atom is 0.185 e. The molecule has 90 valence electrons. The summed E-state index contributed by atoms with van der Waals surface area (Å²) in [6, 6.07) is 14.1. The molecule has 2 aromatic carbocycles. The van der Waals surface area contributed by atoms with Crippen LogP contribution in [-0.4, -0.2) is 10.9 Å². The highest BCUT2D eigenvalue weighted by molar-refractivity contribution is 9.10. The first-order valence-electron chi connectivity index (χ1n) is 5.43. The molecule has 18 heavy (non-hydrogen) atoms. The van der Waals surface area contributed by atoms with Gasteiger partial charge < -0.3 is 5.11 Å². The number of allylic oxidation sites excluding steroid dienone is 1. The molecule has 0 aliphatic carbocycles. The zero-order valence-corrected chi connectivity index (χ0v) is 11.1. The van der Waals surface area contributed by atoms with Gasteiger partial charge in [-0.3, -0.25) is 4.79 Å². The normalized spacial score (nSPS) is 10.7. The summed E-state index contributed by atoms with van der Waals surface area (Å²) in [6.45, 7) is 0. The van der Waals surface area contributed by atoms with E-state index in [1.54, 1.807) is 36.4 Å². The van der Waals surface area contributed by atoms with Gasteiger partial charge in [-0.05, 0) is 30.4 Å². The number of carbonyl (C=O) groups excluding carboxylic acids is 1. The standard InChI is InChI=1S/C15H11BrO2/c16-13-6-3-5-12(10-13)15(18)9-8-11-4-1-2-7-14(11)17/h1-10,17H/b9-8+. The Bertz CT molecular complexity index is 603. The molecule has 1 N–H and O–H groups in total. The van der Waals surface area contributed by atoms with E-state index in [0.717, 1.165) is 4.47 Å². The van der Waals surface area contributed by atoms with Crippen molar-refractivity contribution >= 4 is 27.8 Å². The molecule has 0 unspecified atom stereocenters. The fraction of sp³-hybridized carbons (Fsp3) is 0. The minimum Gasteiger partial charge on any atom is -0.507 e. The van der Waals surface area contributed by atoms with Gasteiger partial charge in [0.1, 0.15) is 5.75 Å². The van der Waals surface area contributed by atoms with Gasteiger partial charge in [0.05, 0.1) is 0 Å². The van der Waals surface area contributed by atoms with Crippen molar-refractivity contribution in [2.45, 2.75) is 0 Å². The smallest absolute Gasteiger partial charge is 0.185 e. The van der Waals surface area contributed by atoms with E-state index in [9.17, 15) is 9.90 Å². The van der Waals surface area contributed by atoms with Crippen LogP contribution < -0.4 is 0 Å². The van der Waals surface area contributed by atoms with E-state index >= 15 is 0 Å². The second kappa shape index (κ2) is 5.65. The van der Waals surface area contributed by atoms with Crippen molar-refractivity contribution in [1.82, 2.24) is 0 Å². The highest BCUT2D eigenvalue weighted by Crippen LogP contribution is 2.18. The van der Waals surface area contributed by atoms with Crippen LogP contribution in [0.25, 0.3) is 6.08 Å². The van der Waals surface area contributed by atoms with Crippen LogP contribution >= 0.6 is 15.9 Å². The number of rotatable bonds is 3. The quantitative estimate of drug-likeness (QED) is 0.686. The first-order valence-corrected chi connectivity index (χ1v) is 6.22. The number of phenolic OH excluding ortho intramolecular Hbond substituents is 1. The molecule has 0 atom stereocenters. The number of aromatic hydroxyl groups is 1. The van der Waals surface area contributed by atoms with Gasteiger partial charge in [-0.1, -0.05) is 46.3 Å². The maximum absolute atomic E-state index is 11.9. The lowest BCUT2D eigenvalue weighted by Gasteiger charge is -1.98. The molecule has 0 heterocycles. The molecule has 2 rings (SSSR count). The fourth-order valence-corrected chi connectivity index (χ4v) is 1.93. The summed E-state index contributed by atoms with van der Waals surface area (Å²) in [7, 11) is 0. The number of hydrogen-bond acceptors (Lipinski definition) is 2. The van der Waals surface area contributed by atoms with Gasteiger partial charge in [0.25, 0.3) is 0 Å². The van der Waals surface area contributed by atoms with E-state index in [-0.39, 0.29) is 11.5 Å². The Morgan fingerprint density at radius 1 is 1.11 bits per heavy atom. The van der Waals surface area contributed by atoms with E-state index in [0.29, 0.717) is 11.1 Å². The lowest BCUT2D eigenvalue weighted by Crippen LogP contribution is -1.93. The van der Waals surface area contributed by atoms with Gasteiger partial charge in [-0.2, -0.15) is 0 Å². The summed E-state index contributed by atoms with van der Waals surface area (Å²) in [4.78, 5) is 11.9. The van der Waals surface area contributed by atoms with Crippen LogP contribution in [0, 0.1) is 0 Å². The Morgan fingerprint density at radius 3 is 2.61 bits per heavy atom. The topological polar surface area (TPSA) is 37.3 Å². The average Bonchev–Trinajstić information content (AvgIpc) is 2.37. The molecule has 2 nitrogen and oxygen atoms in total. The maximum atomic E-state index is 11.9. The Kier molecular flexibility index (Phi) is 3.95. The van der Waals surface area contributed by atoms with Crippen molar-refractivity contribution in [3.8, 4) is 5.75 Å². The molecule has 0 saturated heterocycles. The van der Waals surface area contributed by atoms with Crippen LogP contribution in [0.5, 0.6) is 5.75 Å². The molecule has 2 aromatic rings. The van der Waals surface area contributed by atoms with Crippen molar-refractivity contribution in [2.75, 3.05) is 0 Å². The van der Waals surface area contributed by atoms with E-state index in [4.69, 9.17) is 0 Å². The van der Waals surface area contributed by atoms with E-state index in [1.165, 1.54) is 6.08 Å². The SMILES string of the molecule is O=C(/C=C/c1ccccc1O)c1cccc(Br)c1. The van der Waals surface area contributed by atoms with Crippen molar-refractivity contribution < 1.29 is 9.90 Å². The Morgan fingerprint density at radius 2 is 1.89 bits per heavy atom. The minimum atomic E-state index is -0.0976. The van der Waals surface area contributed by atoms with Crippen molar-refractivity contribution in [2.24, 2.45) is 0 Å². The number of halogens is 1. The number of benzene rings is 2. The highest BCUT2D eigenvalue weighted by Gasteiger charge is 2.02. The third-order valence-electron chi connectivity index (χ3n) is 2.46. The van der Waals surface area contributed by atoms with Crippen LogP contribution in [-0.2, 0) is 0 Å². The van der Waals surface area contributed by atoms with Gasteiger partial charge in [0, 0.05) is 15.6 Å². The van der Waals surface area contributed by atoms with E-state index < -0.39 is 0 Å². The summed E-state index contributed by atoms with van der Waals surface area (Å²) in [5.74, 6) is 0.0651. The molecule has 0 radical (unpaired) electrons. The van der Waals surface area contributed by atoms with Crippen LogP contribution in [0.1, 0.15) is 15.9 Å². The molecule has 3 heteroatoms. The number of ketones is 1. The fourth-order valence-electron chi connectivity index (χ4n) is 1.53. The zero-order chi connectivity index (χ0) is 13.0. The number of para-hydroxylation sites is 1. The molecular formula is C15H11BrO2. The van der Waals surface area contributed by atoms with E-state index in [2.05, 4.69) is 15.9 Å². The lowest BCUT2D eigenvalue weighted by molar-refractivity contribution is 0.104. The molecule has 0 aliphatic heterocycles. The van der Waals surface area contributed by atoms with Crippen LogP contribution in [0.15, 0.2) is 59.1 Å². The Balaban J connectivity index is 2.20. The Labute approximate surface area is 114 Å². The second-order valence-electron chi connectivity index (χ2n) is 3.77. The van der Waals surface area contributed by atoms with Gasteiger partial charge in [0.2, 0.25) is 0 Å². The highest BCUT2D eigenvalue weighted by atomic mass is 79.9. The van der Waals surface area contributed by atoms with Crippen molar-refractivity contribution in [1.29, 1.82) is 0 Å². The van der Waals surface area contributed by atoms with Crippen LogP contribution in [0.4, 0.5) is 0 Å². The number of carbonyl (C=O) groups is 1. The van der Waals surface area contributed by atoms with Gasteiger partial charge >= 0.3 is 0 Å². The largest absolute Gasteiger partial charge is 0.507 e. The molecule has 0 bridgehead atoms. The van der Waals surface area contributed by atoms with Crippen molar-refractivity contribution in [3.05, 3.63) is 70.2 Å². The Hall–Kier alpha value is -1.87. The minimum absolute atomic E-state index is 0.0976. The predicted octanol–water partition coefficient (Wildman–Crippen LogP) is 4.05. The molecule has 0 aromatic heterocycles. The van der Waals surface area contributed by atoms with E-state index in [1.807, 2.05) is 18.2 Å². The third kappa shape index (κ3) is 3.08. The summed E-state index contributed by atoms with van der Waals surface area (Å²) in [6.07, 6.45) is 3.06. The van der Waals surface area contributed by atoms with Crippen LogP contribution in [0.2, 0.25) is 0 Å². The molecule has 0 amide bonds. The second-order valence-corrected chi connectivity index (χ2v) is 4.68. The summed E-state index contributed by atoms with van der Waals surface area (Å²) in [5.41, 5.74) is 1.23. The molecule has 0 spiro atoms. The third-order valence-corrected chi connectivity index (χ3v) is 2.95. The average molecular weight is 303 g/mol. The van der Waals surface area contributed by atoms with Gasteiger partial charge in [-0.15, -0.1) is 0 Å². The zero-order valence-electron chi connectivity index (χ0n) is 9.51. The summed E-state index contributed by atoms with van der Waals surface area (Å²) >= 11 is 3.32.